The van der Waals surface area contributed by atoms with E-state index in [1.807, 2.05) is 13.8 Å². The van der Waals surface area contributed by atoms with Crippen molar-refractivity contribution in [2.24, 2.45) is 0 Å². The van der Waals surface area contributed by atoms with Gasteiger partial charge >= 0.3 is 0 Å². The van der Waals surface area contributed by atoms with Gasteiger partial charge in [-0.25, -0.2) is 0 Å². The van der Waals surface area contributed by atoms with E-state index >= 15 is 0 Å². The minimum Gasteiger partial charge on any atom is -0.360 e. The average molecular weight is 182 g/mol. The molecule has 3 saturated heterocycles. The van der Waals surface area contributed by atoms with E-state index in [2.05, 4.69) is 0 Å². The van der Waals surface area contributed by atoms with Crippen LogP contribution in [0.3, 0.4) is 0 Å². The molecule has 4 aliphatic rings. The normalized spacial score (nSPS) is 71.7. The molecule has 5 atom stereocenters. The van der Waals surface area contributed by atoms with E-state index in [-0.39, 0.29) is 23.6 Å². The summed E-state index contributed by atoms with van der Waals surface area (Å²) in [4.78, 5) is 12.0. The van der Waals surface area contributed by atoms with Gasteiger partial charge in [-0.1, -0.05) is 0 Å². The topological polar surface area (TPSA) is 54.7 Å². The largest absolute Gasteiger partial charge is 0.360 e. The van der Waals surface area contributed by atoms with Crippen LogP contribution in [0.4, 0.5) is 0 Å². The molecule has 0 bridgehead atoms. The van der Waals surface area contributed by atoms with E-state index in [9.17, 15) is 4.79 Å². The van der Waals surface area contributed by atoms with Gasteiger partial charge in [-0.2, -0.15) is 0 Å². The van der Waals surface area contributed by atoms with Gasteiger partial charge < -0.3 is 14.2 Å². The number of carbonyl (C=O) groups excluding carboxylic acids is 1. The van der Waals surface area contributed by atoms with Crippen LogP contribution in [0.5, 0.6) is 0 Å². The average Bonchev–Trinajstić information content (AvgIpc) is 2.83. The highest BCUT2D eigenvalue weighted by molar-refractivity contribution is 6.03. The van der Waals surface area contributed by atoms with Crippen LogP contribution in [-0.2, 0) is 19.0 Å². The Balaban J connectivity index is 1.89. The summed E-state index contributed by atoms with van der Waals surface area (Å²) in [5.74, 6) is 0.0845. The first-order valence-electron chi connectivity index (χ1n) is 4.59. The van der Waals surface area contributed by atoms with Crippen molar-refractivity contribution in [3.8, 4) is 0 Å². The van der Waals surface area contributed by atoms with Crippen LogP contribution in [0.15, 0.2) is 0 Å². The van der Waals surface area contributed by atoms with Crippen LogP contribution in [0.1, 0.15) is 13.8 Å². The quantitative estimate of drug-likeness (QED) is 0.481. The van der Waals surface area contributed by atoms with Gasteiger partial charge in [0.1, 0.15) is 17.8 Å². The van der Waals surface area contributed by atoms with Gasteiger partial charge in [-0.3, -0.25) is 4.79 Å². The molecule has 4 nitrogen and oxygen atoms in total. The minimum atomic E-state index is -0.653. The molecule has 1 aliphatic carbocycles. The van der Waals surface area contributed by atoms with E-state index in [1.54, 1.807) is 0 Å². The Labute approximate surface area is 75.1 Å². The maximum absolute atomic E-state index is 12.0. The lowest BCUT2D eigenvalue weighted by molar-refractivity contribution is -0.131. The van der Waals surface area contributed by atoms with Gasteiger partial charge in [0.15, 0.2) is 11.2 Å². The summed E-state index contributed by atoms with van der Waals surface area (Å²) in [5.41, 5.74) is -1.64. The third-order valence-corrected chi connectivity index (χ3v) is 4.04. The van der Waals surface area contributed by atoms with Crippen molar-refractivity contribution in [2.45, 2.75) is 42.9 Å². The van der Waals surface area contributed by atoms with Gasteiger partial charge in [-0.05, 0) is 13.8 Å². The van der Waals surface area contributed by atoms with Crippen LogP contribution < -0.4 is 0 Å². The van der Waals surface area contributed by atoms with Crippen LogP contribution in [-0.4, -0.2) is 41.4 Å². The zero-order chi connectivity index (χ0) is 9.06. The Morgan fingerprint density at radius 1 is 1.31 bits per heavy atom. The second-order valence-electron chi connectivity index (χ2n) is 4.74. The molecule has 0 aromatic rings. The first-order chi connectivity index (χ1) is 6.05. The minimum absolute atomic E-state index is 0.0141. The molecule has 0 aromatic heterocycles. The van der Waals surface area contributed by atoms with Crippen molar-refractivity contribution in [1.82, 2.24) is 0 Å². The molecule has 0 aromatic carbocycles. The standard InChI is InChI=1S/C9H10O4/c1-7-4(12-7)5-8(2,13-5)9(3-11-9)6(7)10/h4-5H,3H2,1-2H3/t4-,5-,7-,8-,9+/m0/s1. The van der Waals surface area contributed by atoms with E-state index in [4.69, 9.17) is 14.2 Å². The van der Waals surface area contributed by atoms with E-state index < -0.39 is 11.2 Å². The lowest BCUT2D eigenvalue weighted by Gasteiger charge is -2.21. The van der Waals surface area contributed by atoms with Crippen LogP contribution >= 0.6 is 0 Å². The molecular weight excluding hydrogens is 172 g/mol. The van der Waals surface area contributed by atoms with Crippen LogP contribution in [0.2, 0.25) is 0 Å². The molecule has 1 saturated carbocycles. The number of Topliss-reactive ketones (excluding diaryl/α,β-unsaturated/α-hetero) is 1. The SMILES string of the molecule is C[C@]12O[C@H]1[C@@H]1O[C@]1(C)C(=O)[C@]21CO1. The first kappa shape index (κ1) is 6.92. The molecule has 70 valence electrons. The maximum Gasteiger partial charge on any atom is 0.204 e. The second-order valence-corrected chi connectivity index (χ2v) is 4.74. The van der Waals surface area contributed by atoms with Crippen molar-refractivity contribution < 1.29 is 19.0 Å². The van der Waals surface area contributed by atoms with Crippen molar-refractivity contribution >= 4 is 5.78 Å². The zero-order valence-electron chi connectivity index (χ0n) is 7.49. The van der Waals surface area contributed by atoms with Crippen molar-refractivity contribution in [3.63, 3.8) is 0 Å². The highest BCUT2D eigenvalue weighted by Gasteiger charge is 2.90. The molecule has 4 fully saturated rings. The number of fused-ring (bicyclic) bond motifs is 4. The third kappa shape index (κ3) is 0.466. The van der Waals surface area contributed by atoms with Crippen molar-refractivity contribution in [2.75, 3.05) is 6.61 Å². The van der Waals surface area contributed by atoms with E-state index in [0.717, 1.165) is 0 Å². The van der Waals surface area contributed by atoms with Gasteiger partial charge in [-0.15, -0.1) is 0 Å². The summed E-state index contributed by atoms with van der Waals surface area (Å²) in [5, 5.41) is 0. The number of ether oxygens (including phenoxy) is 3. The molecule has 4 heteroatoms. The molecular formula is C9H10O4. The molecule has 0 N–H and O–H groups in total. The lowest BCUT2D eigenvalue weighted by atomic mass is 9.74. The monoisotopic (exact) mass is 182 g/mol. The summed E-state index contributed by atoms with van der Waals surface area (Å²) >= 11 is 0. The summed E-state index contributed by atoms with van der Waals surface area (Å²) in [6, 6.07) is 0. The fourth-order valence-corrected chi connectivity index (χ4v) is 2.78. The number of rotatable bonds is 0. The van der Waals surface area contributed by atoms with Gasteiger partial charge in [0.25, 0.3) is 0 Å². The summed E-state index contributed by atoms with van der Waals surface area (Å²) in [6.45, 7) is 4.29. The Bertz CT molecular complexity index is 348. The summed E-state index contributed by atoms with van der Waals surface area (Å²) < 4.78 is 16.3. The number of carbonyl (C=O) groups is 1. The van der Waals surface area contributed by atoms with E-state index in [0.29, 0.717) is 6.61 Å². The van der Waals surface area contributed by atoms with Gasteiger partial charge in [0, 0.05) is 0 Å². The van der Waals surface area contributed by atoms with E-state index in [1.165, 1.54) is 0 Å². The van der Waals surface area contributed by atoms with Crippen molar-refractivity contribution in [3.05, 3.63) is 0 Å². The summed E-state index contributed by atoms with van der Waals surface area (Å²) in [7, 11) is 0. The third-order valence-electron chi connectivity index (χ3n) is 4.04. The predicted molar refractivity (Wildman–Crippen MR) is 40.2 cm³/mol. The number of ketones is 1. The molecule has 4 rings (SSSR count). The highest BCUT2D eigenvalue weighted by atomic mass is 16.7. The fraction of sp³-hybridized carbons (Fsp3) is 0.889. The maximum atomic E-state index is 12.0. The Hall–Kier alpha value is -0.450. The Morgan fingerprint density at radius 2 is 2.00 bits per heavy atom. The lowest BCUT2D eigenvalue weighted by Crippen LogP contribution is -2.52. The van der Waals surface area contributed by atoms with Crippen molar-refractivity contribution in [1.29, 1.82) is 0 Å². The fourth-order valence-electron chi connectivity index (χ4n) is 2.78. The molecule has 3 aliphatic heterocycles. The first-order valence-corrected chi connectivity index (χ1v) is 4.59. The molecule has 13 heavy (non-hydrogen) atoms. The Kier molecular flexibility index (Phi) is 0.734. The number of hydrogen-bond donors (Lipinski definition) is 0. The second kappa shape index (κ2) is 1.38. The van der Waals surface area contributed by atoms with Crippen LogP contribution in [0.25, 0.3) is 0 Å². The van der Waals surface area contributed by atoms with Gasteiger partial charge in [0.2, 0.25) is 5.78 Å². The molecule has 3 heterocycles. The highest BCUT2D eigenvalue weighted by Crippen LogP contribution is 2.67. The predicted octanol–water partition coefficient (Wildman–Crippen LogP) is -0.347. The molecule has 1 spiro atoms. The van der Waals surface area contributed by atoms with Gasteiger partial charge in [0.05, 0.1) is 6.61 Å². The smallest absolute Gasteiger partial charge is 0.204 e. The number of hydrogen-bond acceptors (Lipinski definition) is 4. The molecule has 0 unspecified atom stereocenters. The Morgan fingerprint density at radius 3 is 2.62 bits per heavy atom. The zero-order valence-corrected chi connectivity index (χ0v) is 7.49. The molecule has 0 amide bonds. The number of epoxide rings is 3. The molecule has 0 radical (unpaired) electrons. The summed E-state index contributed by atoms with van der Waals surface area (Å²) in [6.07, 6.45) is 0.0672. The van der Waals surface area contributed by atoms with Crippen LogP contribution in [0, 0.1) is 0 Å².